The average Bonchev–Trinajstić information content (AvgIpc) is 3.12. The van der Waals surface area contributed by atoms with Gasteiger partial charge in [0.1, 0.15) is 11.0 Å². The van der Waals surface area contributed by atoms with Gasteiger partial charge >= 0.3 is 0 Å². The SMILES string of the molecule is CC(C)c1nn(C(C)C)c2c(Nc3ccccc3N)nc(NC3CCCCC3N)nc12. The number of nitrogens with zero attached hydrogens (tertiary/aromatic N) is 4. The van der Waals surface area contributed by atoms with E-state index in [9.17, 15) is 0 Å². The van der Waals surface area contributed by atoms with E-state index < -0.39 is 0 Å². The Morgan fingerprint density at radius 1 is 1.06 bits per heavy atom. The standard InChI is InChI=1S/C23H34N8/c1-13(2)19-20-21(31(30-19)14(3)4)22(26-17-11-7-5-9-15(17)24)29-23(28-20)27-18-12-8-6-10-16(18)25/h5,7,9,11,13-14,16,18H,6,8,10,12,24-25H2,1-4H3,(H2,26,27,28,29). The number of nitrogens with one attached hydrogen (secondary N) is 2. The van der Waals surface area contributed by atoms with Crippen molar-refractivity contribution >= 4 is 34.2 Å². The van der Waals surface area contributed by atoms with Crippen LogP contribution in [0.5, 0.6) is 0 Å². The number of para-hydroxylation sites is 2. The van der Waals surface area contributed by atoms with Crippen molar-refractivity contribution in [2.24, 2.45) is 5.73 Å². The molecule has 0 spiro atoms. The summed E-state index contributed by atoms with van der Waals surface area (Å²) in [6.45, 7) is 8.51. The first kappa shape index (κ1) is 21.4. The summed E-state index contributed by atoms with van der Waals surface area (Å²) < 4.78 is 2.00. The predicted octanol–water partition coefficient (Wildman–Crippen LogP) is 4.54. The molecule has 0 bridgehead atoms. The van der Waals surface area contributed by atoms with Gasteiger partial charge in [0.05, 0.1) is 17.1 Å². The predicted molar refractivity (Wildman–Crippen MR) is 128 cm³/mol. The number of anilines is 4. The second-order valence-corrected chi connectivity index (χ2v) is 9.08. The highest BCUT2D eigenvalue weighted by atomic mass is 15.3. The highest BCUT2D eigenvalue weighted by molar-refractivity contribution is 5.92. The van der Waals surface area contributed by atoms with Gasteiger partial charge in [-0.1, -0.05) is 38.8 Å². The molecular formula is C23H34N8. The van der Waals surface area contributed by atoms with Crippen LogP contribution in [-0.2, 0) is 0 Å². The van der Waals surface area contributed by atoms with Gasteiger partial charge in [-0.05, 0) is 44.7 Å². The summed E-state index contributed by atoms with van der Waals surface area (Å²) in [7, 11) is 0. The van der Waals surface area contributed by atoms with Crippen molar-refractivity contribution < 1.29 is 0 Å². The lowest BCUT2D eigenvalue weighted by Gasteiger charge is -2.29. The summed E-state index contributed by atoms with van der Waals surface area (Å²) in [5, 5.41) is 11.9. The maximum absolute atomic E-state index is 6.38. The maximum Gasteiger partial charge on any atom is 0.225 e. The van der Waals surface area contributed by atoms with Crippen LogP contribution in [0.4, 0.5) is 23.1 Å². The van der Waals surface area contributed by atoms with Gasteiger partial charge in [-0.3, -0.25) is 4.68 Å². The number of rotatable bonds is 6. The number of hydrogen-bond acceptors (Lipinski definition) is 7. The van der Waals surface area contributed by atoms with Gasteiger partial charge in [0.2, 0.25) is 5.95 Å². The maximum atomic E-state index is 6.38. The Morgan fingerprint density at radius 3 is 2.48 bits per heavy atom. The zero-order valence-corrected chi connectivity index (χ0v) is 18.9. The highest BCUT2D eigenvalue weighted by Crippen LogP contribution is 2.34. The number of benzene rings is 1. The summed E-state index contributed by atoms with van der Waals surface area (Å²) in [4.78, 5) is 9.80. The molecule has 1 aliphatic rings. The summed E-state index contributed by atoms with van der Waals surface area (Å²) in [5.74, 6) is 1.51. The summed E-state index contributed by atoms with van der Waals surface area (Å²) >= 11 is 0. The minimum atomic E-state index is 0.109. The van der Waals surface area contributed by atoms with Crippen molar-refractivity contribution in [2.45, 2.75) is 77.4 Å². The first-order chi connectivity index (χ1) is 14.8. The molecule has 4 rings (SSSR count). The number of nitrogens with two attached hydrogens (primary N) is 2. The van der Waals surface area contributed by atoms with Crippen LogP contribution in [0, 0.1) is 0 Å². The van der Waals surface area contributed by atoms with Gasteiger partial charge in [-0.15, -0.1) is 0 Å². The van der Waals surface area contributed by atoms with Crippen LogP contribution >= 0.6 is 0 Å². The summed E-state index contributed by atoms with van der Waals surface area (Å²) in [6.07, 6.45) is 4.40. The third-order valence-corrected chi connectivity index (χ3v) is 5.95. The molecule has 166 valence electrons. The van der Waals surface area contributed by atoms with Crippen LogP contribution in [0.2, 0.25) is 0 Å². The Balaban J connectivity index is 1.85. The van der Waals surface area contributed by atoms with Crippen molar-refractivity contribution in [3.63, 3.8) is 0 Å². The van der Waals surface area contributed by atoms with Crippen molar-refractivity contribution in [1.82, 2.24) is 19.7 Å². The van der Waals surface area contributed by atoms with Gasteiger partial charge in [-0.25, -0.2) is 4.98 Å². The minimum absolute atomic E-state index is 0.109. The Labute approximate surface area is 183 Å². The summed E-state index contributed by atoms with van der Waals surface area (Å²) in [5.41, 5.74) is 16.8. The van der Waals surface area contributed by atoms with Crippen molar-refractivity contribution in [3.8, 4) is 0 Å². The van der Waals surface area contributed by atoms with Crippen LogP contribution in [0.1, 0.15) is 71.0 Å². The molecule has 0 saturated heterocycles. The molecule has 0 aliphatic heterocycles. The Kier molecular flexibility index (Phi) is 6.00. The van der Waals surface area contributed by atoms with E-state index in [1.54, 1.807) is 0 Å². The largest absolute Gasteiger partial charge is 0.397 e. The number of nitrogen functional groups attached to an aromatic ring is 1. The van der Waals surface area contributed by atoms with Crippen molar-refractivity contribution in [2.75, 3.05) is 16.4 Å². The molecule has 2 unspecified atom stereocenters. The van der Waals surface area contributed by atoms with E-state index in [1.165, 1.54) is 12.8 Å². The fourth-order valence-corrected chi connectivity index (χ4v) is 4.22. The number of fused-ring (bicyclic) bond motifs is 1. The molecule has 1 aliphatic carbocycles. The molecule has 1 aromatic carbocycles. The molecule has 31 heavy (non-hydrogen) atoms. The molecule has 8 heteroatoms. The van der Waals surface area contributed by atoms with E-state index in [2.05, 4.69) is 38.3 Å². The number of hydrogen-bond donors (Lipinski definition) is 4. The lowest BCUT2D eigenvalue weighted by molar-refractivity contribution is 0.402. The van der Waals surface area contributed by atoms with Gasteiger partial charge in [0, 0.05) is 18.1 Å². The fourth-order valence-electron chi connectivity index (χ4n) is 4.22. The van der Waals surface area contributed by atoms with Crippen LogP contribution in [0.15, 0.2) is 24.3 Å². The summed E-state index contributed by atoms with van der Waals surface area (Å²) in [6, 6.07) is 8.14. The minimum Gasteiger partial charge on any atom is -0.397 e. The third kappa shape index (κ3) is 4.30. The molecule has 8 nitrogen and oxygen atoms in total. The second-order valence-electron chi connectivity index (χ2n) is 9.08. The molecule has 0 amide bonds. The van der Waals surface area contributed by atoms with Crippen molar-refractivity contribution in [3.05, 3.63) is 30.0 Å². The quantitative estimate of drug-likeness (QED) is 0.431. The van der Waals surface area contributed by atoms with E-state index in [1.807, 2.05) is 28.9 Å². The van der Waals surface area contributed by atoms with E-state index in [4.69, 9.17) is 26.5 Å². The lowest BCUT2D eigenvalue weighted by Crippen LogP contribution is -2.43. The highest BCUT2D eigenvalue weighted by Gasteiger charge is 2.26. The second kappa shape index (κ2) is 8.70. The van der Waals surface area contributed by atoms with Crippen LogP contribution in [0.25, 0.3) is 11.0 Å². The normalized spacial score (nSPS) is 19.3. The number of aromatic nitrogens is 4. The molecule has 2 atom stereocenters. The topological polar surface area (TPSA) is 120 Å². The van der Waals surface area contributed by atoms with E-state index >= 15 is 0 Å². The fraction of sp³-hybridized carbons (Fsp3) is 0.522. The smallest absolute Gasteiger partial charge is 0.225 e. The van der Waals surface area contributed by atoms with Crippen LogP contribution in [0.3, 0.4) is 0 Å². The molecule has 1 saturated carbocycles. The van der Waals surface area contributed by atoms with Crippen LogP contribution < -0.4 is 22.1 Å². The van der Waals surface area contributed by atoms with E-state index in [0.717, 1.165) is 35.3 Å². The zero-order chi connectivity index (χ0) is 22.1. The Morgan fingerprint density at radius 2 is 1.81 bits per heavy atom. The first-order valence-electron chi connectivity index (χ1n) is 11.3. The van der Waals surface area contributed by atoms with Gasteiger partial charge in [0.25, 0.3) is 0 Å². The molecular weight excluding hydrogens is 388 g/mol. The zero-order valence-electron chi connectivity index (χ0n) is 18.9. The van der Waals surface area contributed by atoms with E-state index in [0.29, 0.717) is 17.5 Å². The first-order valence-corrected chi connectivity index (χ1v) is 11.3. The van der Waals surface area contributed by atoms with Gasteiger partial charge in [-0.2, -0.15) is 10.1 Å². The average molecular weight is 423 g/mol. The molecule has 2 aromatic heterocycles. The van der Waals surface area contributed by atoms with Gasteiger partial charge < -0.3 is 22.1 Å². The Bertz CT molecular complexity index is 1060. The monoisotopic (exact) mass is 422 g/mol. The molecule has 3 aromatic rings. The molecule has 1 fully saturated rings. The Hall–Kier alpha value is -2.87. The van der Waals surface area contributed by atoms with Gasteiger partial charge in [0.15, 0.2) is 5.82 Å². The van der Waals surface area contributed by atoms with Crippen LogP contribution in [-0.4, -0.2) is 31.8 Å². The lowest BCUT2D eigenvalue weighted by atomic mass is 9.91. The third-order valence-electron chi connectivity index (χ3n) is 5.95. The molecule has 0 radical (unpaired) electrons. The molecule has 6 N–H and O–H groups in total. The van der Waals surface area contributed by atoms with Crippen molar-refractivity contribution in [1.29, 1.82) is 0 Å². The van der Waals surface area contributed by atoms with E-state index in [-0.39, 0.29) is 24.0 Å². The molecule has 2 heterocycles.